The SMILES string of the molecule is CN(Cc1ccc(N2CCOCC2)cc1)C(=O)Cc1ccc(S(=O)(=O)N2CCCC2)s1. The van der Waals surface area contributed by atoms with Crippen molar-refractivity contribution in [3.63, 3.8) is 0 Å². The van der Waals surface area contributed by atoms with Gasteiger partial charge >= 0.3 is 0 Å². The average Bonchev–Trinajstić information content (AvgIpc) is 3.48. The lowest BCUT2D eigenvalue weighted by Gasteiger charge is -2.29. The number of anilines is 1. The summed E-state index contributed by atoms with van der Waals surface area (Å²) in [6.45, 7) is 4.99. The fraction of sp³-hybridized carbons (Fsp3) is 0.500. The standard InChI is InChI=1S/C22H29N3O4S2/c1-23(17-18-4-6-19(7-5-18)24-12-14-29-15-13-24)21(26)16-20-8-9-22(30-20)31(27,28)25-10-2-3-11-25/h4-9H,2-3,10-17H2,1H3. The van der Waals surface area contributed by atoms with Crippen molar-refractivity contribution in [2.75, 3.05) is 51.3 Å². The summed E-state index contributed by atoms with van der Waals surface area (Å²) in [5.41, 5.74) is 2.24. The third kappa shape index (κ3) is 5.28. The number of ether oxygens (including phenoxy) is 1. The van der Waals surface area contributed by atoms with E-state index in [9.17, 15) is 13.2 Å². The van der Waals surface area contributed by atoms with Gasteiger partial charge in [-0.05, 0) is 42.7 Å². The Morgan fingerprint density at radius 1 is 1.03 bits per heavy atom. The zero-order valence-electron chi connectivity index (χ0n) is 17.8. The number of morpholine rings is 1. The molecule has 4 rings (SSSR count). The Morgan fingerprint density at radius 2 is 1.71 bits per heavy atom. The summed E-state index contributed by atoms with van der Waals surface area (Å²) >= 11 is 1.20. The average molecular weight is 464 g/mol. The number of likely N-dealkylation sites (N-methyl/N-ethyl adjacent to an activating group) is 1. The van der Waals surface area contributed by atoms with Gasteiger partial charge in [-0.15, -0.1) is 11.3 Å². The topological polar surface area (TPSA) is 70.2 Å². The van der Waals surface area contributed by atoms with Crippen LogP contribution in [-0.2, 0) is 32.5 Å². The number of hydrogen-bond acceptors (Lipinski definition) is 6. The van der Waals surface area contributed by atoms with Crippen molar-refractivity contribution < 1.29 is 17.9 Å². The molecule has 0 N–H and O–H groups in total. The van der Waals surface area contributed by atoms with Crippen LogP contribution in [0.3, 0.4) is 0 Å². The van der Waals surface area contributed by atoms with E-state index in [1.807, 2.05) is 0 Å². The molecule has 3 heterocycles. The van der Waals surface area contributed by atoms with E-state index < -0.39 is 10.0 Å². The molecule has 2 aliphatic heterocycles. The minimum absolute atomic E-state index is 0.0239. The van der Waals surface area contributed by atoms with Crippen LogP contribution in [0.2, 0.25) is 0 Å². The Balaban J connectivity index is 1.33. The van der Waals surface area contributed by atoms with Crippen molar-refractivity contribution in [3.05, 3.63) is 46.8 Å². The molecule has 0 saturated carbocycles. The first-order chi connectivity index (χ1) is 14.9. The van der Waals surface area contributed by atoms with Crippen molar-refractivity contribution in [2.45, 2.75) is 30.0 Å². The highest BCUT2D eigenvalue weighted by Gasteiger charge is 2.28. The lowest BCUT2D eigenvalue weighted by atomic mass is 10.1. The fourth-order valence-electron chi connectivity index (χ4n) is 3.93. The van der Waals surface area contributed by atoms with Crippen molar-refractivity contribution in [3.8, 4) is 0 Å². The molecule has 1 amide bonds. The molecule has 168 valence electrons. The van der Waals surface area contributed by atoms with E-state index in [1.165, 1.54) is 21.3 Å². The number of nitrogens with zero attached hydrogens (tertiary/aromatic N) is 3. The van der Waals surface area contributed by atoms with Crippen molar-refractivity contribution >= 4 is 33.0 Å². The van der Waals surface area contributed by atoms with E-state index >= 15 is 0 Å². The molecule has 2 aromatic rings. The van der Waals surface area contributed by atoms with Crippen LogP contribution in [0.4, 0.5) is 5.69 Å². The lowest BCUT2D eigenvalue weighted by Crippen LogP contribution is -2.36. The molecule has 9 heteroatoms. The Bertz CT molecular complexity index is 992. The maximum atomic E-state index is 12.7. The van der Waals surface area contributed by atoms with Crippen LogP contribution in [0.5, 0.6) is 0 Å². The van der Waals surface area contributed by atoms with Gasteiger partial charge in [0.25, 0.3) is 10.0 Å². The number of amides is 1. The van der Waals surface area contributed by atoms with E-state index in [4.69, 9.17) is 4.74 Å². The van der Waals surface area contributed by atoms with Crippen LogP contribution >= 0.6 is 11.3 Å². The molecule has 0 unspecified atom stereocenters. The summed E-state index contributed by atoms with van der Waals surface area (Å²) in [5.74, 6) is -0.0239. The Labute approximate surface area is 188 Å². The van der Waals surface area contributed by atoms with E-state index in [2.05, 4.69) is 29.2 Å². The molecule has 31 heavy (non-hydrogen) atoms. The second-order valence-electron chi connectivity index (χ2n) is 8.02. The molecule has 7 nitrogen and oxygen atoms in total. The second-order valence-corrected chi connectivity index (χ2v) is 11.4. The highest BCUT2D eigenvalue weighted by atomic mass is 32.2. The van der Waals surface area contributed by atoms with Crippen LogP contribution in [0.25, 0.3) is 0 Å². The third-order valence-electron chi connectivity index (χ3n) is 5.78. The van der Waals surface area contributed by atoms with Crippen LogP contribution in [0.1, 0.15) is 23.3 Å². The molecule has 0 bridgehead atoms. The summed E-state index contributed by atoms with van der Waals surface area (Å²) in [6.07, 6.45) is 2.03. The number of carbonyl (C=O) groups is 1. The van der Waals surface area contributed by atoms with Crippen molar-refractivity contribution in [2.24, 2.45) is 0 Å². The van der Waals surface area contributed by atoms with E-state index in [0.717, 1.165) is 49.6 Å². The summed E-state index contributed by atoms with van der Waals surface area (Å²) in [4.78, 5) is 17.5. The second kappa shape index (κ2) is 9.68. The Kier molecular flexibility index (Phi) is 6.95. The minimum atomic E-state index is -3.42. The number of hydrogen-bond donors (Lipinski definition) is 0. The van der Waals surface area contributed by atoms with Gasteiger partial charge in [0.1, 0.15) is 4.21 Å². The van der Waals surface area contributed by atoms with Gasteiger partial charge in [-0.25, -0.2) is 8.42 Å². The fourth-order valence-corrected chi connectivity index (χ4v) is 6.95. The summed E-state index contributed by atoms with van der Waals surface area (Å²) in [5, 5.41) is 0. The van der Waals surface area contributed by atoms with Gasteiger partial charge in [-0.2, -0.15) is 4.31 Å². The number of carbonyl (C=O) groups excluding carboxylic acids is 1. The number of thiophene rings is 1. The zero-order chi connectivity index (χ0) is 21.8. The molecular formula is C22H29N3O4S2. The highest BCUT2D eigenvalue weighted by Crippen LogP contribution is 2.28. The van der Waals surface area contributed by atoms with Gasteiger partial charge in [-0.3, -0.25) is 4.79 Å². The predicted molar refractivity (Wildman–Crippen MR) is 122 cm³/mol. The molecule has 0 aliphatic carbocycles. The number of sulfonamides is 1. The van der Waals surface area contributed by atoms with Gasteiger partial charge in [-0.1, -0.05) is 12.1 Å². The van der Waals surface area contributed by atoms with Crippen LogP contribution in [-0.4, -0.2) is 70.0 Å². The molecule has 0 radical (unpaired) electrons. The smallest absolute Gasteiger partial charge is 0.252 e. The van der Waals surface area contributed by atoms with E-state index in [1.54, 1.807) is 24.1 Å². The number of benzene rings is 1. The summed E-state index contributed by atoms with van der Waals surface area (Å²) in [7, 11) is -1.64. The molecule has 1 aromatic heterocycles. The van der Waals surface area contributed by atoms with Crippen molar-refractivity contribution in [1.29, 1.82) is 0 Å². The quantitative estimate of drug-likeness (QED) is 0.631. The van der Waals surface area contributed by atoms with Crippen LogP contribution in [0.15, 0.2) is 40.6 Å². The zero-order valence-corrected chi connectivity index (χ0v) is 19.5. The van der Waals surface area contributed by atoms with E-state index in [-0.39, 0.29) is 12.3 Å². The normalized spacial score (nSPS) is 17.8. The molecule has 2 saturated heterocycles. The molecule has 1 aromatic carbocycles. The highest BCUT2D eigenvalue weighted by molar-refractivity contribution is 7.91. The molecule has 2 aliphatic rings. The first-order valence-electron chi connectivity index (χ1n) is 10.7. The maximum Gasteiger partial charge on any atom is 0.252 e. The molecule has 2 fully saturated rings. The summed E-state index contributed by atoms with van der Waals surface area (Å²) in [6, 6.07) is 11.7. The Morgan fingerprint density at radius 3 is 2.39 bits per heavy atom. The van der Waals surface area contributed by atoms with Crippen molar-refractivity contribution in [1.82, 2.24) is 9.21 Å². The lowest BCUT2D eigenvalue weighted by molar-refractivity contribution is -0.129. The monoisotopic (exact) mass is 463 g/mol. The van der Waals surface area contributed by atoms with E-state index in [0.29, 0.717) is 23.8 Å². The van der Waals surface area contributed by atoms with Gasteiger partial charge in [0.15, 0.2) is 0 Å². The summed E-state index contributed by atoms with van der Waals surface area (Å²) < 4.78 is 32.6. The molecule has 0 spiro atoms. The third-order valence-corrected chi connectivity index (χ3v) is 9.23. The predicted octanol–water partition coefficient (Wildman–Crippen LogP) is 2.57. The first kappa shape index (κ1) is 22.3. The van der Waals surface area contributed by atoms with Gasteiger partial charge in [0.2, 0.25) is 5.91 Å². The largest absolute Gasteiger partial charge is 0.378 e. The van der Waals surface area contributed by atoms with Crippen LogP contribution < -0.4 is 4.90 Å². The number of rotatable bonds is 7. The van der Waals surface area contributed by atoms with Gasteiger partial charge < -0.3 is 14.5 Å². The minimum Gasteiger partial charge on any atom is -0.378 e. The Hall–Kier alpha value is -1.94. The van der Waals surface area contributed by atoms with Gasteiger partial charge in [0, 0.05) is 50.3 Å². The van der Waals surface area contributed by atoms with Gasteiger partial charge in [0.05, 0.1) is 19.6 Å². The molecular weight excluding hydrogens is 434 g/mol. The molecule has 0 atom stereocenters. The first-order valence-corrected chi connectivity index (χ1v) is 12.9. The van der Waals surface area contributed by atoms with Crippen LogP contribution in [0, 0.1) is 0 Å². The maximum absolute atomic E-state index is 12.7.